The Morgan fingerprint density at radius 3 is 2.45 bits per heavy atom. The van der Waals surface area contributed by atoms with E-state index in [0.29, 0.717) is 5.70 Å². The standard InChI is InChI=1S/C8H13NO2/c1-3-4-5-7(6(2)9)8(10)11/h4-5H,3,9H2,1-2H3,(H,10,11)/b5-4-,7-6-. The molecule has 3 nitrogen and oxygen atoms in total. The molecule has 0 aromatic heterocycles. The highest BCUT2D eigenvalue weighted by Gasteiger charge is 2.04. The molecule has 0 aliphatic heterocycles. The second-order valence-electron chi connectivity index (χ2n) is 2.21. The van der Waals surface area contributed by atoms with Crippen molar-refractivity contribution in [2.45, 2.75) is 20.3 Å². The third-order valence-corrected chi connectivity index (χ3v) is 1.18. The monoisotopic (exact) mass is 155 g/mol. The number of aliphatic carboxylic acids is 1. The van der Waals surface area contributed by atoms with Crippen LogP contribution < -0.4 is 5.73 Å². The van der Waals surface area contributed by atoms with Crippen molar-refractivity contribution in [1.82, 2.24) is 0 Å². The fourth-order valence-corrected chi connectivity index (χ4v) is 0.607. The molecule has 0 fully saturated rings. The topological polar surface area (TPSA) is 63.3 Å². The normalized spacial score (nSPS) is 13.3. The molecule has 0 radical (unpaired) electrons. The molecule has 0 spiro atoms. The third kappa shape index (κ3) is 3.45. The molecule has 0 amide bonds. The number of hydrogen-bond donors (Lipinski definition) is 2. The van der Waals surface area contributed by atoms with Crippen molar-refractivity contribution in [1.29, 1.82) is 0 Å². The van der Waals surface area contributed by atoms with Crippen LogP contribution >= 0.6 is 0 Å². The van der Waals surface area contributed by atoms with Crippen molar-refractivity contribution in [3.8, 4) is 0 Å². The lowest BCUT2D eigenvalue weighted by Gasteiger charge is -1.96. The van der Waals surface area contributed by atoms with E-state index >= 15 is 0 Å². The van der Waals surface area contributed by atoms with Gasteiger partial charge in [-0.25, -0.2) is 4.79 Å². The smallest absolute Gasteiger partial charge is 0.337 e. The van der Waals surface area contributed by atoms with Crippen LogP contribution in [0.25, 0.3) is 0 Å². The van der Waals surface area contributed by atoms with E-state index in [0.717, 1.165) is 6.42 Å². The van der Waals surface area contributed by atoms with Crippen LogP contribution in [0.5, 0.6) is 0 Å². The van der Waals surface area contributed by atoms with Gasteiger partial charge in [0.1, 0.15) is 0 Å². The van der Waals surface area contributed by atoms with Crippen molar-refractivity contribution in [2.24, 2.45) is 5.73 Å². The molecule has 0 saturated heterocycles. The minimum Gasteiger partial charge on any atom is -0.478 e. The predicted octanol–water partition coefficient (Wildman–Crippen LogP) is 1.27. The number of carbonyl (C=O) groups is 1. The summed E-state index contributed by atoms with van der Waals surface area (Å²) in [7, 11) is 0. The second-order valence-corrected chi connectivity index (χ2v) is 2.21. The van der Waals surface area contributed by atoms with Gasteiger partial charge in [-0.1, -0.05) is 13.0 Å². The maximum absolute atomic E-state index is 10.5. The zero-order chi connectivity index (χ0) is 8.85. The maximum atomic E-state index is 10.5. The Bertz CT molecular complexity index is 200. The molecule has 0 aliphatic carbocycles. The van der Waals surface area contributed by atoms with Crippen LogP contribution in [0.3, 0.4) is 0 Å². The summed E-state index contributed by atoms with van der Waals surface area (Å²) in [6, 6.07) is 0. The quantitative estimate of drug-likeness (QED) is 0.476. The molecule has 0 atom stereocenters. The molecule has 0 saturated carbocycles. The minimum atomic E-state index is -0.977. The van der Waals surface area contributed by atoms with E-state index in [1.54, 1.807) is 13.0 Å². The summed E-state index contributed by atoms with van der Waals surface area (Å²) in [5.41, 5.74) is 5.83. The minimum absolute atomic E-state index is 0.173. The molecule has 3 heteroatoms. The summed E-state index contributed by atoms with van der Waals surface area (Å²) in [5, 5.41) is 8.58. The van der Waals surface area contributed by atoms with Gasteiger partial charge in [0, 0.05) is 5.70 Å². The lowest BCUT2D eigenvalue weighted by molar-refractivity contribution is -0.132. The number of rotatable bonds is 3. The zero-order valence-electron chi connectivity index (χ0n) is 6.79. The first kappa shape index (κ1) is 9.75. The largest absolute Gasteiger partial charge is 0.478 e. The van der Waals surface area contributed by atoms with Crippen LogP contribution in [-0.2, 0) is 4.79 Å². The van der Waals surface area contributed by atoms with Gasteiger partial charge in [0.05, 0.1) is 5.57 Å². The van der Waals surface area contributed by atoms with E-state index in [1.807, 2.05) is 6.92 Å². The van der Waals surface area contributed by atoms with E-state index in [9.17, 15) is 4.79 Å². The average molecular weight is 155 g/mol. The summed E-state index contributed by atoms with van der Waals surface area (Å²) in [4.78, 5) is 10.5. The highest BCUT2D eigenvalue weighted by molar-refractivity contribution is 5.90. The molecular weight excluding hydrogens is 142 g/mol. The van der Waals surface area contributed by atoms with Gasteiger partial charge >= 0.3 is 5.97 Å². The SMILES string of the molecule is CC/C=C\C(C(=O)O)=C(/C)N. The molecule has 0 bridgehead atoms. The number of carboxylic acid groups (broad SMARTS) is 1. The lowest BCUT2D eigenvalue weighted by Crippen LogP contribution is -2.05. The first-order valence-electron chi connectivity index (χ1n) is 3.45. The first-order valence-corrected chi connectivity index (χ1v) is 3.45. The molecule has 62 valence electrons. The molecule has 3 N–H and O–H groups in total. The molecule has 0 heterocycles. The van der Waals surface area contributed by atoms with Gasteiger partial charge in [-0.2, -0.15) is 0 Å². The summed E-state index contributed by atoms with van der Waals surface area (Å²) < 4.78 is 0. The van der Waals surface area contributed by atoms with Gasteiger partial charge in [0.2, 0.25) is 0 Å². The Morgan fingerprint density at radius 2 is 2.18 bits per heavy atom. The van der Waals surface area contributed by atoms with Crippen LogP contribution in [0.1, 0.15) is 20.3 Å². The zero-order valence-corrected chi connectivity index (χ0v) is 6.79. The average Bonchev–Trinajstić information content (AvgIpc) is 1.87. The van der Waals surface area contributed by atoms with Crippen molar-refractivity contribution in [3.05, 3.63) is 23.4 Å². The summed E-state index contributed by atoms with van der Waals surface area (Å²) in [6.07, 6.45) is 4.10. The van der Waals surface area contributed by atoms with Crippen LogP contribution in [0.15, 0.2) is 23.4 Å². The predicted molar refractivity (Wildman–Crippen MR) is 44.0 cm³/mol. The van der Waals surface area contributed by atoms with Crippen LogP contribution in [0.4, 0.5) is 0 Å². The maximum Gasteiger partial charge on any atom is 0.337 e. The molecule has 0 aromatic carbocycles. The second kappa shape index (κ2) is 4.55. The fraction of sp³-hybridized carbons (Fsp3) is 0.375. The lowest BCUT2D eigenvalue weighted by atomic mass is 10.2. The van der Waals surface area contributed by atoms with Gasteiger partial charge in [0.25, 0.3) is 0 Å². The van der Waals surface area contributed by atoms with Crippen molar-refractivity contribution >= 4 is 5.97 Å². The van der Waals surface area contributed by atoms with E-state index < -0.39 is 5.97 Å². The molecule has 0 unspecified atom stereocenters. The Balaban J connectivity index is 4.51. The van der Waals surface area contributed by atoms with Gasteiger partial charge in [-0.15, -0.1) is 0 Å². The van der Waals surface area contributed by atoms with E-state index in [2.05, 4.69) is 0 Å². The van der Waals surface area contributed by atoms with Gasteiger partial charge in [-0.05, 0) is 19.4 Å². The van der Waals surface area contributed by atoms with Gasteiger partial charge in [0.15, 0.2) is 0 Å². The Morgan fingerprint density at radius 1 is 1.64 bits per heavy atom. The van der Waals surface area contributed by atoms with Gasteiger partial charge < -0.3 is 10.8 Å². The third-order valence-electron chi connectivity index (χ3n) is 1.18. The van der Waals surface area contributed by atoms with E-state index in [1.165, 1.54) is 6.08 Å². The molecule has 11 heavy (non-hydrogen) atoms. The van der Waals surface area contributed by atoms with Crippen LogP contribution in [0, 0.1) is 0 Å². The first-order chi connectivity index (χ1) is 5.09. The molecule has 0 rings (SSSR count). The fourth-order valence-electron chi connectivity index (χ4n) is 0.607. The van der Waals surface area contributed by atoms with E-state index in [4.69, 9.17) is 10.8 Å². The number of hydrogen-bond acceptors (Lipinski definition) is 2. The summed E-state index contributed by atoms with van der Waals surface area (Å²) in [5.74, 6) is -0.977. The summed E-state index contributed by atoms with van der Waals surface area (Å²) in [6.45, 7) is 3.51. The molecule has 0 aromatic rings. The van der Waals surface area contributed by atoms with Crippen molar-refractivity contribution in [3.63, 3.8) is 0 Å². The Kier molecular flexibility index (Phi) is 4.03. The molecular formula is C8H13NO2. The highest BCUT2D eigenvalue weighted by atomic mass is 16.4. The van der Waals surface area contributed by atoms with Crippen molar-refractivity contribution < 1.29 is 9.90 Å². The van der Waals surface area contributed by atoms with Crippen LogP contribution in [0.2, 0.25) is 0 Å². The van der Waals surface area contributed by atoms with Crippen molar-refractivity contribution in [2.75, 3.05) is 0 Å². The number of nitrogens with two attached hydrogens (primary N) is 1. The Hall–Kier alpha value is -1.25. The number of allylic oxidation sites excluding steroid dienone is 2. The van der Waals surface area contributed by atoms with Crippen LogP contribution in [-0.4, -0.2) is 11.1 Å². The number of carboxylic acids is 1. The summed E-state index contributed by atoms with van der Waals surface area (Å²) >= 11 is 0. The highest BCUT2D eigenvalue weighted by Crippen LogP contribution is 2.01. The Labute approximate surface area is 66.2 Å². The van der Waals surface area contributed by atoms with E-state index in [-0.39, 0.29) is 5.57 Å². The van der Waals surface area contributed by atoms with Gasteiger partial charge in [-0.3, -0.25) is 0 Å². The molecule has 0 aliphatic rings.